The maximum atomic E-state index is 11.9. The van der Waals surface area contributed by atoms with Gasteiger partial charge in [0, 0.05) is 6.42 Å². The number of nitrogens with zero attached hydrogens (tertiary/aromatic N) is 1. The van der Waals surface area contributed by atoms with Crippen LogP contribution >= 0.6 is 0 Å². The second kappa shape index (κ2) is 5.37. The van der Waals surface area contributed by atoms with Crippen molar-refractivity contribution in [2.75, 3.05) is 5.01 Å². The Balaban J connectivity index is 2.11. The number of carbonyl (C=O) groups is 1. The molecule has 0 fully saturated rings. The molecule has 2 aromatic rings. The van der Waals surface area contributed by atoms with Crippen LogP contribution in [0.2, 0.25) is 0 Å². The minimum atomic E-state index is 0.0245. The first-order valence-electron chi connectivity index (χ1n) is 7.05. The number of hydrogen-bond acceptors (Lipinski definition) is 2. The molecule has 1 amide bonds. The molecule has 0 aliphatic carbocycles. The summed E-state index contributed by atoms with van der Waals surface area (Å²) in [7, 11) is 0. The fourth-order valence-electron chi connectivity index (χ4n) is 2.60. The number of aryl methyl sites for hydroxylation is 2. The van der Waals surface area contributed by atoms with Gasteiger partial charge in [-0.25, -0.2) is 0 Å². The molecule has 0 bridgehead atoms. The smallest absolute Gasteiger partial charge is 0.238 e. The van der Waals surface area contributed by atoms with Crippen molar-refractivity contribution >= 4 is 17.3 Å². The number of para-hydroxylation sites is 2. The van der Waals surface area contributed by atoms with Crippen LogP contribution in [0.15, 0.2) is 48.5 Å². The van der Waals surface area contributed by atoms with Crippen LogP contribution in [0.4, 0.5) is 11.4 Å². The Kier molecular flexibility index (Phi) is 3.42. The van der Waals surface area contributed by atoms with Gasteiger partial charge in [0.1, 0.15) is 0 Å². The Labute approximate surface area is 119 Å². The van der Waals surface area contributed by atoms with Crippen LogP contribution in [0.5, 0.6) is 0 Å². The minimum absolute atomic E-state index is 0.0245. The topological polar surface area (TPSA) is 32.3 Å². The van der Waals surface area contributed by atoms with E-state index in [4.69, 9.17) is 0 Å². The standard InChI is InChI=1S/C17H18N2O/c1-2-17(20)18-19-15-9-5-3-7-13(15)11-12-14-8-4-6-10-16(14)19/h3-10H,2,11-12H2,1H3,(H,18,20). The Morgan fingerprint density at radius 3 is 2.00 bits per heavy atom. The summed E-state index contributed by atoms with van der Waals surface area (Å²) in [6.45, 7) is 1.87. The fourth-order valence-corrected chi connectivity index (χ4v) is 2.60. The summed E-state index contributed by atoms with van der Waals surface area (Å²) >= 11 is 0. The second-order valence-electron chi connectivity index (χ2n) is 4.98. The molecular formula is C17H18N2O. The van der Waals surface area contributed by atoms with Crippen molar-refractivity contribution in [3.05, 3.63) is 59.7 Å². The highest BCUT2D eigenvalue weighted by molar-refractivity contribution is 5.82. The molecule has 0 saturated heterocycles. The lowest BCUT2D eigenvalue weighted by Gasteiger charge is -2.27. The largest absolute Gasteiger partial charge is 0.273 e. The zero-order valence-corrected chi connectivity index (χ0v) is 11.6. The lowest BCUT2D eigenvalue weighted by atomic mass is 10.0. The van der Waals surface area contributed by atoms with Gasteiger partial charge in [-0.05, 0) is 36.1 Å². The summed E-state index contributed by atoms with van der Waals surface area (Å²) in [6.07, 6.45) is 2.46. The van der Waals surface area contributed by atoms with Crippen LogP contribution < -0.4 is 10.4 Å². The minimum Gasteiger partial charge on any atom is -0.273 e. The van der Waals surface area contributed by atoms with Crippen molar-refractivity contribution in [1.29, 1.82) is 0 Å². The summed E-state index contributed by atoms with van der Waals surface area (Å²) in [5.41, 5.74) is 7.68. The van der Waals surface area contributed by atoms with Crippen LogP contribution in [-0.4, -0.2) is 5.91 Å². The number of nitrogens with one attached hydrogen (secondary N) is 1. The van der Waals surface area contributed by atoms with E-state index in [1.807, 2.05) is 24.1 Å². The third-order valence-electron chi connectivity index (χ3n) is 3.69. The summed E-state index contributed by atoms with van der Waals surface area (Å²) in [5, 5.41) is 1.93. The Morgan fingerprint density at radius 2 is 1.50 bits per heavy atom. The van der Waals surface area contributed by atoms with E-state index in [0.717, 1.165) is 24.2 Å². The highest BCUT2D eigenvalue weighted by atomic mass is 16.2. The summed E-state index contributed by atoms with van der Waals surface area (Å²) < 4.78 is 0. The van der Waals surface area contributed by atoms with Gasteiger partial charge in [-0.1, -0.05) is 43.3 Å². The molecule has 0 saturated carbocycles. The first kappa shape index (κ1) is 12.7. The van der Waals surface area contributed by atoms with Crippen molar-refractivity contribution < 1.29 is 4.79 Å². The number of anilines is 2. The number of hydrazine groups is 1. The van der Waals surface area contributed by atoms with Crippen molar-refractivity contribution in [2.45, 2.75) is 26.2 Å². The van der Waals surface area contributed by atoms with Gasteiger partial charge in [0.15, 0.2) is 0 Å². The monoisotopic (exact) mass is 266 g/mol. The molecule has 3 nitrogen and oxygen atoms in total. The Morgan fingerprint density at radius 1 is 1.00 bits per heavy atom. The second-order valence-corrected chi connectivity index (χ2v) is 4.98. The number of amides is 1. The zero-order valence-electron chi connectivity index (χ0n) is 11.6. The van der Waals surface area contributed by atoms with Crippen LogP contribution in [0.3, 0.4) is 0 Å². The molecule has 0 unspecified atom stereocenters. The Bertz CT molecular complexity index is 589. The lowest BCUT2D eigenvalue weighted by Crippen LogP contribution is -2.39. The van der Waals surface area contributed by atoms with E-state index in [1.54, 1.807) is 0 Å². The number of benzene rings is 2. The van der Waals surface area contributed by atoms with E-state index in [9.17, 15) is 4.79 Å². The molecule has 0 atom stereocenters. The molecule has 1 aliphatic heterocycles. The SMILES string of the molecule is CCC(=O)NN1c2ccccc2CCc2ccccc21. The third kappa shape index (κ3) is 2.27. The number of carbonyl (C=O) groups excluding carboxylic acids is 1. The number of rotatable bonds is 2. The zero-order chi connectivity index (χ0) is 13.9. The molecular weight excluding hydrogens is 248 g/mol. The molecule has 2 aromatic carbocycles. The molecule has 1 heterocycles. The van der Waals surface area contributed by atoms with Gasteiger partial charge in [0.2, 0.25) is 5.91 Å². The quantitative estimate of drug-likeness (QED) is 0.904. The van der Waals surface area contributed by atoms with Gasteiger partial charge in [-0.2, -0.15) is 0 Å². The normalized spacial score (nSPS) is 13.2. The molecule has 3 heteroatoms. The average molecular weight is 266 g/mol. The average Bonchev–Trinajstić information content (AvgIpc) is 2.65. The molecule has 1 aliphatic rings. The van der Waals surface area contributed by atoms with Gasteiger partial charge < -0.3 is 0 Å². The predicted octanol–water partition coefficient (Wildman–Crippen LogP) is 3.36. The lowest BCUT2D eigenvalue weighted by molar-refractivity contribution is -0.120. The molecule has 3 rings (SSSR count). The summed E-state index contributed by atoms with van der Waals surface area (Å²) in [4.78, 5) is 11.9. The van der Waals surface area contributed by atoms with E-state index in [0.29, 0.717) is 6.42 Å². The van der Waals surface area contributed by atoms with Crippen LogP contribution in [0, 0.1) is 0 Å². The first-order valence-corrected chi connectivity index (χ1v) is 7.05. The maximum absolute atomic E-state index is 11.9. The molecule has 102 valence electrons. The maximum Gasteiger partial charge on any atom is 0.238 e. The van der Waals surface area contributed by atoms with Crippen LogP contribution in [0.25, 0.3) is 0 Å². The molecule has 20 heavy (non-hydrogen) atoms. The van der Waals surface area contributed by atoms with E-state index in [2.05, 4.69) is 41.8 Å². The van der Waals surface area contributed by atoms with E-state index in [-0.39, 0.29) is 5.91 Å². The van der Waals surface area contributed by atoms with Gasteiger partial charge in [0.05, 0.1) is 11.4 Å². The van der Waals surface area contributed by atoms with Crippen molar-refractivity contribution in [2.24, 2.45) is 0 Å². The van der Waals surface area contributed by atoms with E-state index in [1.165, 1.54) is 11.1 Å². The highest BCUT2D eigenvalue weighted by Crippen LogP contribution is 2.34. The van der Waals surface area contributed by atoms with Crippen LogP contribution in [-0.2, 0) is 17.6 Å². The molecule has 1 N–H and O–H groups in total. The molecule has 0 radical (unpaired) electrons. The van der Waals surface area contributed by atoms with Gasteiger partial charge >= 0.3 is 0 Å². The van der Waals surface area contributed by atoms with Gasteiger partial charge in [-0.15, -0.1) is 0 Å². The number of hydrogen-bond donors (Lipinski definition) is 1. The third-order valence-corrected chi connectivity index (χ3v) is 3.69. The highest BCUT2D eigenvalue weighted by Gasteiger charge is 2.21. The van der Waals surface area contributed by atoms with Gasteiger partial charge in [0.25, 0.3) is 0 Å². The molecule has 0 aromatic heterocycles. The van der Waals surface area contributed by atoms with Crippen molar-refractivity contribution in [3.8, 4) is 0 Å². The molecule has 0 spiro atoms. The number of fused-ring (bicyclic) bond motifs is 2. The fraction of sp³-hybridized carbons (Fsp3) is 0.235. The summed E-state index contributed by atoms with van der Waals surface area (Å²) in [5.74, 6) is 0.0245. The summed E-state index contributed by atoms with van der Waals surface area (Å²) in [6, 6.07) is 16.5. The van der Waals surface area contributed by atoms with Crippen molar-refractivity contribution in [1.82, 2.24) is 5.43 Å². The van der Waals surface area contributed by atoms with Gasteiger partial charge in [-0.3, -0.25) is 15.2 Å². The van der Waals surface area contributed by atoms with Crippen molar-refractivity contribution in [3.63, 3.8) is 0 Å². The first-order chi connectivity index (χ1) is 9.79. The van der Waals surface area contributed by atoms with E-state index >= 15 is 0 Å². The predicted molar refractivity (Wildman–Crippen MR) is 80.9 cm³/mol. The Hall–Kier alpha value is -2.29. The van der Waals surface area contributed by atoms with E-state index < -0.39 is 0 Å². The van der Waals surface area contributed by atoms with Crippen LogP contribution in [0.1, 0.15) is 24.5 Å².